The second-order valence-corrected chi connectivity index (χ2v) is 7.32. The lowest BCUT2D eigenvalue weighted by Crippen LogP contribution is -2.46. The van der Waals surface area contributed by atoms with Crippen molar-refractivity contribution in [2.24, 2.45) is 0 Å². The molecule has 28 heavy (non-hydrogen) atoms. The van der Waals surface area contributed by atoms with Crippen LogP contribution in [0.15, 0.2) is 35.5 Å². The minimum atomic E-state index is -0.747. The van der Waals surface area contributed by atoms with Gasteiger partial charge in [-0.25, -0.2) is 9.78 Å². The first-order chi connectivity index (χ1) is 13.4. The number of benzene rings is 1. The molecule has 148 valence electrons. The van der Waals surface area contributed by atoms with Crippen LogP contribution in [0.1, 0.15) is 44.2 Å². The van der Waals surface area contributed by atoms with E-state index in [0.717, 1.165) is 25.1 Å². The molecule has 2 heterocycles. The highest BCUT2D eigenvalue weighted by Crippen LogP contribution is 2.31. The molecule has 0 radical (unpaired) electrons. The number of allylic oxidation sites excluding steroid dienone is 1. The van der Waals surface area contributed by atoms with Gasteiger partial charge in [-0.05, 0) is 31.5 Å². The first kappa shape index (κ1) is 20.2. The van der Waals surface area contributed by atoms with Gasteiger partial charge in [-0.1, -0.05) is 42.6 Å². The molecule has 1 unspecified atom stereocenters. The summed E-state index contributed by atoms with van der Waals surface area (Å²) in [5, 5.41) is 8.93. The average molecular weight is 422 g/mol. The Balaban J connectivity index is 1.92. The van der Waals surface area contributed by atoms with Crippen molar-refractivity contribution in [1.29, 1.82) is 0 Å². The number of aromatic amines is 1. The summed E-state index contributed by atoms with van der Waals surface area (Å²) in [5.41, 5.74) is 1.81. The summed E-state index contributed by atoms with van der Waals surface area (Å²) in [6.45, 7) is 3.75. The van der Waals surface area contributed by atoms with E-state index in [9.17, 15) is 9.59 Å². The molecule has 1 aromatic carbocycles. The number of hydrogen-bond acceptors (Lipinski definition) is 3. The number of unbranched alkanes of at least 4 members (excludes halogenated alkanes) is 1. The summed E-state index contributed by atoms with van der Waals surface area (Å²) in [6.07, 6.45) is 2.71. The number of nitrogens with one attached hydrogen (secondary N) is 4. The van der Waals surface area contributed by atoms with Crippen molar-refractivity contribution in [2.75, 3.05) is 5.32 Å². The van der Waals surface area contributed by atoms with Gasteiger partial charge in [0.05, 0.1) is 11.3 Å². The number of aryl methyl sites for hydroxylation is 1. The zero-order chi connectivity index (χ0) is 20.3. The molecule has 3 amide bonds. The Kier molecular flexibility index (Phi) is 6.26. The predicted molar refractivity (Wildman–Crippen MR) is 109 cm³/mol. The van der Waals surface area contributed by atoms with Crippen molar-refractivity contribution < 1.29 is 9.59 Å². The zero-order valence-corrected chi connectivity index (χ0v) is 17.0. The maximum atomic E-state index is 13.0. The van der Waals surface area contributed by atoms with Crippen LogP contribution in [-0.4, -0.2) is 21.9 Å². The number of anilines is 1. The van der Waals surface area contributed by atoms with E-state index in [4.69, 9.17) is 23.2 Å². The monoisotopic (exact) mass is 421 g/mol. The highest BCUT2D eigenvalue weighted by atomic mass is 35.5. The lowest BCUT2D eigenvalue weighted by molar-refractivity contribution is -0.113. The molecular weight excluding hydrogens is 401 g/mol. The Hall–Kier alpha value is -2.51. The maximum absolute atomic E-state index is 13.0. The van der Waals surface area contributed by atoms with E-state index in [2.05, 4.69) is 32.8 Å². The normalized spacial score (nSPS) is 16.6. The largest absolute Gasteiger partial charge is 0.343 e. The third-order valence-electron chi connectivity index (χ3n) is 4.39. The van der Waals surface area contributed by atoms with Crippen LogP contribution in [-0.2, 0) is 11.2 Å². The third-order valence-corrected chi connectivity index (χ3v) is 4.91. The predicted octanol–water partition coefficient (Wildman–Crippen LogP) is 4.33. The van der Waals surface area contributed by atoms with E-state index in [1.165, 1.54) is 0 Å². The van der Waals surface area contributed by atoms with E-state index >= 15 is 0 Å². The molecular formula is C19H21Cl2N5O2. The number of carbonyl (C=O) groups is 2. The number of nitrogens with zero attached hydrogens (tertiary/aromatic N) is 1. The highest BCUT2D eigenvalue weighted by Gasteiger charge is 2.34. The molecule has 7 nitrogen and oxygen atoms in total. The van der Waals surface area contributed by atoms with Gasteiger partial charge in [-0.15, -0.1) is 0 Å². The number of hydrogen-bond donors (Lipinski definition) is 4. The number of urea groups is 1. The molecule has 0 spiro atoms. The van der Waals surface area contributed by atoms with Crippen LogP contribution in [0.4, 0.5) is 10.5 Å². The van der Waals surface area contributed by atoms with Crippen molar-refractivity contribution in [1.82, 2.24) is 20.6 Å². The van der Waals surface area contributed by atoms with Gasteiger partial charge in [0.25, 0.3) is 5.91 Å². The summed E-state index contributed by atoms with van der Waals surface area (Å²) in [5.74, 6) is 0.347. The quantitative estimate of drug-likeness (QED) is 0.558. The van der Waals surface area contributed by atoms with Crippen LogP contribution in [0.3, 0.4) is 0 Å². The zero-order valence-electron chi connectivity index (χ0n) is 15.5. The van der Waals surface area contributed by atoms with Gasteiger partial charge in [-0.2, -0.15) is 0 Å². The smallest absolute Gasteiger partial charge is 0.319 e. The molecule has 0 aliphatic carbocycles. The number of aromatic nitrogens is 2. The van der Waals surface area contributed by atoms with Crippen molar-refractivity contribution in [3.05, 3.63) is 57.2 Å². The van der Waals surface area contributed by atoms with E-state index in [-0.39, 0.29) is 11.1 Å². The summed E-state index contributed by atoms with van der Waals surface area (Å²) in [6, 6.07) is 5.67. The molecule has 0 bridgehead atoms. The molecule has 2 aromatic rings. The van der Waals surface area contributed by atoms with Crippen molar-refractivity contribution in [3.63, 3.8) is 0 Å². The number of amides is 3. The fourth-order valence-electron chi connectivity index (χ4n) is 3.04. The Morgan fingerprint density at radius 3 is 2.82 bits per heavy atom. The molecule has 3 rings (SSSR count). The molecule has 0 saturated heterocycles. The maximum Gasteiger partial charge on any atom is 0.319 e. The number of imidazole rings is 1. The molecule has 0 fully saturated rings. The molecule has 4 N–H and O–H groups in total. The van der Waals surface area contributed by atoms with Gasteiger partial charge in [0, 0.05) is 22.8 Å². The van der Waals surface area contributed by atoms with E-state index in [1.807, 2.05) is 0 Å². The van der Waals surface area contributed by atoms with Gasteiger partial charge in [0.1, 0.15) is 11.9 Å². The second-order valence-electron chi connectivity index (χ2n) is 6.53. The van der Waals surface area contributed by atoms with Crippen LogP contribution in [0.25, 0.3) is 0 Å². The van der Waals surface area contributed by atoms with Crippen molar-refractivity contribution in [2.45, 2.75) is 39.2 Å². The summed E-state index contributed by atoms with van der Waals surface area (Å²) in [4.78, 5) is 32.5. The first-order valence-corrected chi connectivity index (χ1v) is 9.74. The Bertz CT molecular complexity index is 938. The van der Waals surface area contributed by atoms with Gasteiger partial charge in [0.15, 0.2) is 5.15 Å². The summed E-state index contributed by atoms with van der Waals surface area (Å²) < 4.78 is 0. The molecule has 0 saturated carbocycles. The van der Waals surface area contributed by atoms with Gasteiger partial charge in [0.2, 0.25) is 0 Å². The third kappa shape index (κ3) is 4.48. The standard InChI is InChI=1S/C19H21Cl2N5O2/c1-3-4-8-13-24-16(17(21)25-13)15-14(10(2)22-19(28)26-15)18(27)23-12-7-5-6-11(20)9-12/h5-7,9,15H,3-4,8H2,1-2H3,(H,23,27)(H,24,25)(H2,22,26,28). The van der Waals surface area contributed by atoms with Crippen LogP contribution in [0.5, 0.6) is 0 Å². The molecule has 1 aromatic heterocycles. The lowest BCUT2D eigenvalue weighted by Gasteiger charge is -2.27. The van der Waals surface area contributed by atoms with Crippen LogP contribution >= 0.6 is 23.2 Å². The SMILES string of the molecule is CCCCc1nc(Cl)c(C2NC(=O)NC(C)=C2C(=O)Nc2cccc(Cl)c2)[nH]1. The fraction of sp³-hybridized carbons (Fsp3) is 0.316. The second kappa shape index (κ2) is 8.67. The Morgan fingerprint density at radius 1 is 1.32 bits per heavy atom. The van der Waals surface area contributed by atoms with E-state index in [1.54, 1.807) is 31.2 Å². The minimum absolute atomic E-state index is 0.235. The number of carbonyl (C=O) groups excluding carboxylic acids is 2. The molecule has 1 atom stereocenters. The van der Waals surface area contributed by atoms with E-state index < -0.39 is 12.1 Å². The van der Waals surface area contributed by atoms with E-state index in [0.29, 0.717) is 27.7 Å². The highest BCUT2D eigenvalue weighted by molar-refractivity contribution is 6.31. The first-order valence-electron chi connectivity index (χ1n) is 8.98. The van der Waals surface area contributed by atoms with Crippen molar-refractivity contribution in [3.8, 4) is 0 Å². The fourth-order valence-corrected chi connectivity index (χ4v) is 3.49. The number of rotatable bonds is 6. The van der Waals surface area contributed by atoms with Gasteiger partial charge < -0.3 is 20.9 Å². The lowest BCUT2D eigenvalue weighted by atomic mass is 9.99. The number of H-pyrrole nitrogens is 1. The molecule has 9 heteroatoms. The number of halogens is 2. The van der Waals surface area contributed by atoms with Crippen molar-refractivity contribution >= 4 is 40.8 Å². The minimum Gasteiger partial charge on any atom is -0.343 e. The topological polar surface area (TPSA) is 98.9 Å². The summed E-state index contributed by atoms with van der Waals surface area (Å²) in [7, 11) is 0. The Morgan fingerprint density at radius 2 is 2.11 bits per heavy atom. The van der Waals surface area contributed by atoms with Crippen LogP contribution < -0.4 is 16.0 Å². The van der Waals surface area contributed by atoms with Crippen LogP contribution in [0.2, 0.25) is 10.2 Å². The average Bonchev–Trinajstić information content (AvgIpc) is 2.99. The Labute approximate surface area is 172 Å². The van der Waals surface area contributed by atoms with Gasteiger partial charge >= 0.3 is 6.03 Å². The molecule has 1 aliphatic rings. The molecule has 1 aliphatic heterocycles. The van der Waals surface area contributed by atoms with Gasteiger partial charge in [-0.3, -0.25) is 4.79 Å². The van der Waals surface area contributed by atoms with Crippen LogP contribution in [0, 0.1) is 0 Å². The summed E-state index contributed by atoms with van der Waals surface area (Å²) >= 11 is 12.3.